The molecule has 0 N–H and O–H groups in total. The normalized spacial score (nSPS) is 54.3. The second-order valence-corrected chi connectivity index (χ2v) is 15.2. The molecular formula is C27H51P. The van der Waals surface area contributed by atoms with Crippen molar-refractivity contribution in [3.63, 3.8) is 0 Å². The highest BCUT2D eigenvalue weighted by molar-refractivity contribution is 7.60. The van der Waals surface area contributed by atoms with Gasteiger partial charge in [-0.15, -0.1) is 0 Å². The minimum absolute atomic E-state index is 0.0916. The molecule has 3 rings (SSSR count). The third-order valence-electron chi connectivity index (χ3n) is 9.18. The van der Waals surface area contributed by atoms with Crippen molar-refractivity contribution < 1.29 is 0 Å². The molecule has 6 atom stereocenters. The van der Waals surface area contributed by atoms with Crippen LogP contribution in [-0.4, -0.2) is 17.0 Å². The zero-order valence-electron chi connectivity index (χ0n) is 20.6. The Morgan fingerprint density at radius 3 is 0.714 bits per heavy atom. The SMILES string of the molecule is CC1CC(C)C(P(C2C(C)CC(C)CC2C)C2C(C)CC(C)CC2C)C(C)C1. The minimum Gasteiger partial charge on any atom is -0.0955 e. The quantitative estimate of drug-likeness (QED) is 0.411. The Bertz CT molecular complexity index is 393. The minimum atomic E-state index is 0.0916. The standard InChI is InChI=1S/C27H51P/c1-16-10-19(4)25(20(5)11-16)28(26-21(6)12-17(2)13-22(26)7)27-23(8)14-18(3)15-24(27)9/h16-27H,10-15H2,1-9H3. The third-order valence-corrected chi connectivity index (χ3v) is 14.3. The fourth-order valence-electron chi connectivity index (χ4n) is 8.98. The lowest BCUT2D eigenvalue weighted by Crippen LogP contribution is -2.46. The number of hydrogen-bond acceptors (Lipinski definition) is 0. The molecule has 0 aliphatic heterocycles. The summed E-state index contributed by atoms with van der Waals surface area (Å²) in [4.78, 5) is 0. The molecule has 0 saturated heterocycles. The topological polar surface area (TPSA) is 0 Å². The van der Waals surface area contributed by atoms with E-state index in [0.717, 1.165) is 70.2 Å². The molecule has 1 heteroatoms. The first kappa shape index (κ1) is 23.1. The lowest BCUT2D eigenvalue weighted by atomic mass is 9.76. The predicted molar refractivity (Wildman–Crippen MR) is 128 cm³/mol. The van der Waals surface area contributed by atoms with Gasteiger partial charge in [0.1, 0.15) is 0 Å². The molecule has 0 amide bonds. The first-order chi connectivity index (χ1) is 13.1. The van der Waals surface area contributed by atoms with Gasteiger partial charge in [0.15, 0.2) is 0 Å². The van der Waals surface area contributed by atoms with Crippen LogP contribution in [0.2, 0.25) is 0 Å². The van der Waals surface area contributed by atoms with E-state index in [4.69, 9.17) is 0 Å². The summed E-state index contributed by atoms with van der Waals surface area (Å²) in [5.41, 5.74) is 3.08. The molecule has 0 bridgehead atoms. The average Bonchev–Trinajstić information content (AvgIpc) is 2.51. The van der Waals surface area contributed by atoms with Crippen molar-refractivity contribution in [2.75, 3.05) is 0 Å². The first-order valence-corrected chi connectivity index (χ1v) is 14.4. The Hall–Kier alpha value is 0.430. The van der Waals surface area contributed by atoms with Gasteiger partial charge >= 0.3 is 0 Å². The molecule has 3 aliphatic carbocycles. The second-order valence-electron chi connectivity index (χ2n) is 12.5. The van der Waals surface area contributed by atoms with Gasteiger partial charge in [0, 0.05) is 0 Å². The van der Waals surface area contributed by atoms with Crippen molar-refractivity contribution in [2.45, 2.75) is 118 Å². The van der Waals surface area contributed by atoms with Crippen molar-refractivity contribution in [3.05, 3.63) is 0 Å². The van der Waals surface area contributed by atoms with Gasteiger partial charge in [0.2, 0.25) is 0 Å². The van der Waals surface area contributed by atoms with Gasteiger partial charge in [-0.05, 0) is 109 Å². The van der Waals surface area contributed by atoms with Crippen LogP contribution in [0.15, 0.2) is 0 Å². The Morgan fingerprint density at radius 2 is 0.536 bits per heavy atom. The number of hydrogen-bond donors (Lipinski definition) is 0. The first-order valence-electron chi connectivity index (χ1n) is 12.9. The van der Waals surface area contributed by atoms with E-state index in [9.17, 15) is 0 Å². The van der Waals surface area contributed by atoms with Gasteiger partial charge in [-0.25, -0.2) is 0 Å². The molecule has 6 unspecified atom stereocenters. The van der Waals surface area contributed by atoms with Gasteiger partial charge < -0.3 is 0 Å². The van der Waals surface area contributed by atoms with Crippen LogP contribution < -0.4 is 0 Å². The van der Waals surface area contributed by atoms with E-state index in [-0.39, 0.29) is 7.92 Å². The fourth-order valence-corrected chi connectivity index (χ4v) is 14.4. The summed E-state index contributed by atoms with van der Waals surface area (Å²) in [6.07, 6.45) is 8.95. The van der Waals surface area contributed by atoms with E-state index >= 15 is 0 Å². The molecule has 0 aromatic carbocycles. The van der Waals surface area contributed by atoms with Crippen LogP contribution in [0, 0.1) is 53.3 Å². The zero-order valence-corrected chi connectivity index (χ0v) is 21.5. The molecule has 3 aliphatic rings. The summed E-state index contributed by atoms with van der Waals surface area (Å²) in [6, 6.07) is 0. The maximum atomic E-state index is 2.65. The molecule has 0 aromatic rings. The van der Waals surface area contributed by atoms with E-state index < -0.39 is 0 Å². The van der Waals surface area contributed by atoms with Crippen LogP contribution in [0.1, 0.15) is 101 Å². The highest BCUT2D eigenvalue weighted by atomic mass is 31.1. The summed E-state index contributed by atoms with van der Waals surface area (Å²) < 4.78 is 0. The summed E-state index contributed by atoms with van der Waals surface area (Å²) in [5, 5.41) is 0. The number of rotatable bonds is 3. The molecule has 0 nitrogen and oxygen atoms in total. The molecule has 164 valence electrons. The smallest absolute Gasteiger partial charge is 0.0152 e. The van der Waals surface area contributed by atoms with Gasteiger partial charge in [-0.1, -0.05) is 70.2 Å². The Kier molecular flexibility index (Phi) is 7.66. The van der Waals surface area contributed by atoms with Crippen LogP contribution >= 0.6 is 7.92 Å². The largest absolute Gasteiger partial charge is 0.0955 e. The van der Waals surface area contributed by atoms with E-state index in [1.165, 1.54) is 38.5 Å². The molecule has 0 heterocycles. The van der Waals surface area contributed by atoms with Crippen molar-refractivity contribution in [1.29, 1.82) is 0 Å². The Balaban J connectivity index is 1.99. The van der Waals surface area contributed by atoms with Crippen LogP contribution in [0.5, 0.6) is 0 Å². The van der Waals surface area contributed by atoms with Crippen molar-refractivity contribution in [2.24, 2.45) is 53.3 Å². The summed E-state index contributed by atoms with van der Waals surface area (Å²) >= 11 is 0. The van der Waals surface area contributed by atoms with E-state index in [1.807, 2.05) is 0 Å². The fraction of sp³-hybridized carbons (Fsp3) is 1.00. The van der Waals surface area contributed by atoms with Crippen LogP contribution in [0.4, 0.5) is 0 Å². The molecule has 0 spiro atoms. The van der Waals surface area contributed by atoms with E-state index in [2.05, 4.69) is 62.3 Å². The molecule has 28 heavy (non-hydrogen) atoms. The van der Waals surface area contributed by atoms with Crippen LogP contribution in [-0.2, 0) is 0 Å². The van der Waals surface area contributed by atoms with Crippen molar-refractivity contribution >= 4 is 7.92 Å². The van der Waals surface area contributed by atoms with Gasteiger partial charge in [0.25, 0.3) is 0 Å². The Morgan fingerprint density at radius 1 is 0.357 bits per heavy atom. The molecule has 3 saturated carbocycles. The maximum Gasteiger partial charge on any atom is -0.0152 e. The Labute approximate surface area is 179 Å². The molecule has 0 radical (unpaired) electrons. The lowest BCUT2D eigenvalue weighted by Gasteiger charge is -2.56. The molecule has 0 aromatic heterocycles. The average molecular weight is 407 g/mol. The van der Waals surface area contributed by atoms with E-state index in [0.29, 0.717) is 0 Å². The van der Waals surface area contributed by atoms with Crippen LogP contribution in [0.25, 0.3) is 0 Å². The van der Waals surface area contributed by atoms with Gasteiger partial charge in [-0.3, -0.25) is 0 Å². The summed E-state index contributed by atoms with van der Waals surface area (Å²) in [6.45, 7) is 23.4. The second kappa shape index (κ2) is 9.28. The van der Waals surface area contributed by atoms with Gasteiger partial charge in [0.05, 0.1) is 0 Å². The van der Waals surface area contributed by atoms with Crippen LogP contribution in [0.3, 0.4) is 0 Å². The summed E-state index contributed by atoms with van der Waals surface area (Å²) in [7, 11) is 0.0916. The highest BCUT2D eigenvalue weighted by Crippen LogP contribution is 2.68. The lowest BCUT2D eigenvalue weighted by molar-refractivity contribution is 0.202. The molecular weight excluding hydrogens is 355 g/mol. The third kappa shape index (κ3) is 4.68. The highest BCUT2D eigenvalue weighted by Gasteiger charge is 2.50. The van der Waals surface area contributed by atoms with Gasteiger partial charge in [-0.2, -0.15) is 0 Å². The monoisotopic (exact) mass is 406 g/mol. The predicted octanol–water partition coefficient (Wildman–Crippen LogP) is 8.68. The van der Waals surface area contributed by atoms with Crippen molar-refractivity contribution in [3.8, 4) is 0 Å². The summed E-state index contributed by atoms with van der Waals surface area (Å²) in [5.74, 6) is 8.51. The molecule has 3 fully saturated rings. The van der Waals surface area contributed by atoms with E-state index in [1.54, 1.807) is 0 Å². The maximum absolute atomic E-state index is 2.65. The van der Waals surface area contributed by atoms with Crippen molar-refractivity contribution in [1.82, 2.24) is 0 Å². The zero-order chi connectivity index (χ0) is 20.7.